The van der Waals surface area contributed by atoms with E-state index in [0.29, 0.717) is 5.92 Å². The van der Waals surface area contributed by atoms with Crippen molar-refractivity contribution < 1.29 is 9.53 Å². The minimum atomic E-state index is -0.470. The van der Waals surface area contributed by atoms with E-state index in [9.17, 15) is 4.79 Å². The van der Waals surface area contributed by atoms with Gasteiger partial charge < -0.3 is 14.5 Å². The lowest BCUT2D eigenvalue weighted by Crippen LogP contribution is -2.60. The maximum absolute atomic E-state index is 12.3. The lowest BCUT2D eigenvalue weighted by Gasteiger charge is -2.45. The molecule has 182 valence electrons. The molecule has 1 aromatic carbocycles. The quantitative estimate of drug-likeness (QED) is 0.297. The molecule has 0 bridgehead atoms. The van der Waals surface area contributed by atoms with Crippen molar-refractivity contribution in [1.82, 2.24) is 9.21 Å². The fourth-order valence-corrected chi connectivity index (χ4v) is 6.04. The number of halogens is 1. The van der Waals surface area contributed by atoms with Crippen molar-refractivity contribution in [1.29, 1.82) is 0 Å². The van der Waals surface area contributed by atoms with E-state index < -0.39 is 5.60 Å². The van der Waals surface area contributed by atoms with Crippen LogP contribution in [0.3, 0.4) is 0 Å². The van der Waals surface area contributed by atoms with Gasteiger partial charge in [0.15, 0.2) is 0 Å². The first-order valence-electron chi connectivity index (χ1n) is 11.8. The van der Waals surface area contributed by atoms with E-state index in [2.05, 4.69) is 75.4 Å². The molecule has 1 amide bonds. The summed E-state index contributed by atoms with van der Waals surface area (Å²) in [6, 6.07) is 6.78. The highest BCUT2D eigenvalue weighted by Gasteiger charge is 2.35. The zero-order chi connectivity index (χ0) is 24.2. The molecule has 1 aromatic rings. The number of hydrogen-bond acceptors (Lipinski definition) is 5. The number of nitrogens with zero attached hydrogens (tertiary/aromatic N) is 3. The number of likely N-dealkylation sites (N-methyl/N-ethyl adjacent to an activating group) is 1. The molecule has 2 fully saturated rings. The van der Waals surface area contributed by atoms with Gasteiger partial charge in [-0.05, 0) is 105 Å². The van der Waals surface area contributed by atoms with E-state index in [4.69, 9.17) is 4.74 Å². The Morgan fingerprint density at radius 1 is 1.21 bits per heavy atom. The molecule has 33 heavy (non-hydrogen) atoms. The molecule has 5 nitrogen and oxygen atoms in total. The van der Waals surface area contributed by atoms with E-state index in [-0.39, 0.29) is 12.1 Å². The summed E-state index contributed by atoms with van der Waals surface area (Å²) < 4.78 is 9.08. The third-order valence-electron chi connectivity index (χ3n) is 6.20. The van der Waals surface area contributed by atoms with E-state index in [1.54, 1.807) is 4.90 Å². The lowest BCUT2D eigenvalue weighted by molar-refractivity contribution is 0.0197. The zero-order valence-electron chi connectivity index (χ0n) is 20.8. The third-order valence-corrected chi connectivity index (χ3v) is 7.93. The average Bonchev–Trinajstić information content (AvgIpc) is 2.72. The summed E-state index contributed by atoms with van der Waals surface area (Å²) in [7, 11) is 1.83. The predicted octanol–water partition coefficient (Wildman–Crippen LogP) is 6.75. The summed E-state index contributed by atoms with van der Waals surface area (Å²) in [6.07, 6.45) is 8.82. The number of carbonyl (C=O) groups is 1. The molecule has 0 radical (unpaired) electrons. The highest BCUT2D eigenvalue weighted by molar-refractivity contribution is 9.10. The van der Waals surface area contributed by atoms with Crippen LogP contribution in [0.4, 0.5) is 10.5 Å². The van der Waals surface area contributed by atoms with Crippen molar-refractivity contribution in [2.75, 3.05) is 38.1 Å². The largest absolute Gasteiger partial charge is 0.444 e. The van der Waals surface area contributed by atoms with Gasteiger partial charge in [-0.2, -0.15) is 0 Å². The number of ether oxygens (including phenoxy) is 1. The van der Waals surface area contributed by atoms with Gasteiger partial charge in [0.2, 0.25) is 0 Å². The molecule has 2 heterocycles. The van der Waals surface area contributed by atoms with Crippen LogP contribution in [0, 0.1) is 5.92 Å². The topological polar surface area (TPSA) is 36.0 Å². The van der Waals surface area contributed by atoms with Crippen LogP contribution in [-0.4, -0.2) is 60.2 Å². The van der Waals surface area contributed by atoms with Gasteiger partial charge in [0.1, 0.15) is 5.60 Å². The number of carbonyl (C=O) groups excluding carboxylic acids is 1. The molecule has 0 N–H and O–H groups in total. The summed E-state index contributed by atoms with van der Waals surface area (Å²) in [5.41, 5.74) is 2.18. The number of hydrogen-bond donors (Lipinski definition) is 0. The number of rotatable bonds is 6. The van der Waals surface area contributed by atoms with Crippen LogP contribution in [0.25, 0.3) is 0 Å². The minimum Gasteiger partial charge on any atom is -0.444 e. The molecule has 2 saturated heterocycles. The molecule has 0 atom stereocenters. The van der Waals surface area contributed by atoms with Crippen molar-refractivity contribution in [2.45, 2.75) is 64.0 Å². The van der Waals surface area contributed by atoms with Gasteiger partial charge >= 0.3 is 6.09 Å². The number of amides is 1. The molecule has 0 aromatic heterocycles. The van der Waals surface area contributed by atoms with Gasteiger partial charge in [-0.1, -0.05) is 18.2 Å². The molecule has 7 heteroatoms. The first-order valence-corrected chi connectivity index (χ1v) is 13.4. The number of allylic oxidation sites excluding steroid dienone is 4. The van der Waals surface area contributed by atoms with Crippen LogP contribution in [0.1, 0.15) is 47.5 Å². The molecule has 0 spiro atoms. The van der Waals surface area contributed by atoms with Gasteiger partial charge in [0.05, 0.1) is 11.7 Å². The fraction of sp³-hybridized carbons (Fsp3) is 0.577. The van der Waals surface area contributed by atoms with Gasteiger partial charge in [-0.25, -0.2) is 9.10 Å². The first-order chi connectivity index (χ1) is 15.6. The molecule has 2 aliphatic heterocycles. The van der Waals surface area contributed by atoms with Crippen molar-refractivity contribution in [3.8, 4) is 0 Å². The van der Waals surface area contributed by atoms with Crippen LogP contribution >= 0.6 is 27.9 Å². The maximum Gasteiger partial charge on any atom is 0.410 e. The Kier molecular flexibility index (Phi) is 8.98. The predicted molar refractivity (Wildman–Crippen MR) is 143 cm³/mol. The van der Waals surface area contributed by atoms with E-state index in [0.717, 1.165) is 30.7 Å². The molecular formula is C26H38BrN3O2S. The molecular weight excluding hydrogens is 498 g/mol. The number of piperidine rings is 1. The standard InChI is InChI=1S/C26H38BrN3O2S/c1-7-9-19(8-2)20-12-14-30(15-13-20)33-22-10-11-24(23(27)16-22)29-17-21(18-29)28(6)25(31)32-26(3,4)5/h7-11,16,20-21H,12-15,17-18H2,1-6H3/b9-7-,19-8+. The Balaban J connectivity index is 1.50. The second kappa shape index (κ2) is 11.3. The Morgan fingerprint density at radius 2 is 1.88 bits per heavy atom. The lowest BCUT2D eigenvalue weighted by atomic mass is 9.89. The smallest absolute Gasteiger partial charge is 0.410 e. The first kappa shape index (κ1) is 26.2. The molecule has 0 unspecified atom stereocenters. The summed E-state index contributed by atoms with van der Waals surface area (Å²) in [6.45, 7) is 13.8. The molecule has 0 saturated carbocycles. The van der Waals surface area contributed by atoms with E-state index >= 15 is 0 Å². The minimum absolute atomic E-state index is 0.173. The van der Waals surface area contributed by atoms with Gasteiger partial charge in [-0.15, -0.1) is 0 Å². The van der Waals surface area contributed by atoms with Crippen LogP contribution < -0.4 is 4.90 Å². The monoisotopic (exact) mass is 535 g/mol. The summed E-state index contributed by atoms with van der Waals surface area (Å²) in [4.78, 5) is 17.6. The highest BCUT2D eigenvalue weighted by atomic mass is 79.9. The Bertz CT molecular complexity index is 882. The molecule has 3 rings (SSSR count). The van der Waals surface area contributed by atoms with E-state index in [1.165, 1.54) is 29.0 Å². The van der Waals surface area contributed by atoms with Crippen LogP contribution in [0.5, 0.6) is 0 Å². The van der Waals surface area contributed by atoms with Gasteiger partial charge in [-0.3, -0.25) is 0 Å². The zero-order valence-corrected chi connectivity index (χ0v) is 23.2. The van der Waals surface area contributed by atoms with Crippen molar-refractivity contribution in [2.24, 2.45) is 5.92 Å². The fourth-order valence-electron chi connectivity index (χ4n) is 4.27. The highest BCUT2D eigenvalue weighted by Crippen LogP contribution is 2.37. The molecule has 0 aliphatic carbocycles. The van der Waals surface area contributed by atoms with Gasteiger partial charge in [0, 0.05) is 42.6 Å². The van der Waals surface area contributed by atoms with Crippen LogP contribution in [-0.2, 0) is 4.74 Å². The Hall–Kier alpha value is -1.44. The van der Waals surface area contributed by atoms with Crippen LogP contribution in [0.15, 0.2) is 51.4 Å². The third kappa shape index (κ3) is 7.03. The van der Waals surface area contributed by atoms with Crippen molar-refractivity contribution in [3.63, 3.8) is 0 Å². The second-order valence-electron chi connectivity index (χ2n) is 9.85. The maximum atomic E-state index is 12.3. The van der Waals surface area contributed by atoms with Crippen molar-refractivity contribution in [3.05, 3.63) is 46.5 Å². The normalized spacial score (nSPS) is 19.1. The Labute approximate surface area is 212 Å². The second-order valence-corrected chi connectivity index (χ2v) is 11.9. The summed E-state index contributed by atoms with van der Waals surface area (Å²) in [5, 5.41) is 0. The molecule has 2 aliphatic rings. The Morgan fingerprint density at radius 3 is 2.42 bits per heavy atom. The SMILES string of the molecule is C/C=C\C(=C/C)C1CCN(Sc2ccc(N3CC(N(C)C(=O)OC(C)(C)C)C3)c(Br)c2)CC1. The number of anilines is 1. The summed E-state index contributed by atoms with van der Waals surface area (Å²) >= 11 is 5.63. The number of benzene rings is 1. The van der Waals surface area contributed by atoms with Crippen molar-refractivity contribution >= 4 is 39.7 Å². The van der Waals surface area contributed by atoms with Gasteiger partial charge in [0.25, 0.3) is 0 Å². The average molecular weight is 537 g/mol. The van der Waals surface area contributed by atoms with Crippen LogP contribution in [0.2, 0.25) is 0 Å². The summed E-state index contributed by atoms with van der Waals surface area (Å²) in [5.74, 6) is 0.676. The van der Waals surface area contributed by atoms with E-state index in [1.807, 2.05) is 39.8 Å².